The van der Waals surface area contributed by atoms with Crippen molar-refractivity contribution in [1.82, 2.24) is 15.1 Å². The molecule has 35 heavy (non-hydrogen) atoms. The number of benzene rings is 3. The van der Waals surface area contributed by atoms with E-state index in [2.05, 4.69) is 27.2 Å². The summed E-state index contributed by atoms with van der Waals surface area (Å²) in [7, 11) is 0. The lowest BCUT2D eigenvalue weighted by Crippen LogP contribution is -2.54. The maximum absolute atomic E-state index is 14.3. The van der Waals surface area contributed by atoms with Gasteiger partial charge in [0.1, 0.15) is 11.5 Å². The molecule has 0 N–H and O–H groups in total. The van der Waals surface area contributed by atoms with Gasteiger partial charge in [0.15, 0.2) is 5.82 Å². The molecule has 1 amide bonds. The van der Waals surface area contributed by atoms with Gasteiger partial charge >= 0.3 is 0 Å². The highest BCUT2D eigenvalue weighted by Gasteiger charge is 2.29. The summed E-state index contributed by atoms with van der Waals surface area (Å²) >= 11 is 0. The molecule has 1 fully saturated rings. The van der Waals surface area contributed by atoms with E-state index in [0.29, 0.717) is 25.2 Å². The molecule has 1 saturated heterocycles. The summed E-state index contributed by atoms with van der Waals surface area (Å²) in [5, 5.41) is 20.2. The average Bonchev–Trinajstić information content (AvgIpc) is 2.89. The first kappa shape index (κ1) is 22.5. The quantitative estimate of drug-likeness (QED) is 0.441. The van der Waals surface area contributed by atoms with Gasteiger partial charge in [-0.3, -0.25) is 4.79 Å². The molecule has 174 valence electrons. The molecule has 4 aromatic rings. The Morgan fingerprint density at radius 3 is 2.49 bits per heavy atom. The summed E-state index contributed by atoms with van der Waals surface area (Å²) in [4.78, 5) is 17.0. The molecule has 2 heterocycles. The number of hydrogen-bond donors (Lipinski definition) is 0. The van der Waals surface area contributed by atoms with Gasteiger partial charge in [0.05, 0.1) is 18.1 Å². The van der Waals surface area contributed by atoms with Crippen LogP contribution in [0.3, 0.4) is 0 Å². The standard InChI is InChI=1S/C28H24FN5O/c1-19-18-33(13-14-34(19)26(35)16-22-12-11-20(17-30)15-25(22)29)28-24-10-6-5-9-23(24)27(31-32-28)21-7-3-2-4-8-21/h2-12,15,19H,13-14,16,18H2,1H3/t19-/m0/s1. The minimum Gasteiger partial charge on any atom is -0.351 e. The van der Waals surface area contributed by atoms with Crippen LogP contribution in [0.15, 0.2) is 72.8 Å². The van der Waals surface area contributed by atoms with Crippen LogP contribution >= 0.6 is 0 Å². The SMILES string of the molecule is C[C@H]1CN(c2nnc(-c3ccccc3)c3ccccc23)CCN1C(=O)Cc1ccc(C#N)cc1F. The molecule has 0 saturated carbocycles. The number of hydrogen-bond acceptors (Lipinski definition) is 5. The molecule has 1 aromatic heterocycles. The number of carbonyl (C=O) groups excluding carboxylic acids is 1. The van der Waals surface area contributed by atoms with Crippen molar-refractivity contribution in [2.75, 3.05) is 24.5 Å². The van der Waals surface area contributed by atoms with Crippen molar-refractivity contribution in [3.8, 4) is 17.3 Å². The second-order valence-electron chi connectivity index (χ2n) is 8.76. The number of anilines is 1. The van der Waals surface area contributed by atoms with E-state index in [4.69, 9.17) is 5.26 Å². The third-order valence-electron chi connectivity index (χ3n) is 6.49. The van der Waals surface area contributed by atoms with Gasteiger partial charge in [0, 0.05) is 42.0 Å². The van der Waals surface area contributed by atoms with E-state index >= 15 is 0 Å². The van der Waals surface area contributed by atoms with Gasteiger partial charge < -0.3 is 9.80 Å². The lowest BCUT2D eigenvalue weighted by atomic mass is 10.0. The Hall–Kier alpha value is -4.31. The molecular formula is C28H24FN5O. The molecule has 0 radical (unpaired) electrons. The van der Waals surface area contributed by atoms with E-state index in [9.17, 15) is 9.18 Å². The van der Waals surface area contributed by atoms with Crippen LogP contribution < -0.4 is 4.90 Å². The summed E-state index contributed by atoms with van der Waals surface area (Å²) in [5.41, 5.74) is 2.40. The number of nitriles is 1. The Morgan fingerprint density at radius 1 is 1.03 bits per heavy atom. The van der Waals surface area contributed by atoms with Gasteiger partial charge in [-0.2, -0.15) is 5.26 Å². The van der Waals surface area contributed by atoms with Gasteiger partial charge in [-0.1, -0.05) is 60.7 Å². The van der Waals surface area contributed by atoms with Crippen LogP contribution in [0.4, 0.5) is 10.2 Å². The fourth-order valence-electron chi connectivity index (χ4n) is 4.68. The maximum Gasteiger partial charge on any atom is 0.227 e. The van der Waals surface area contributed by atoms with E-state index in [1.807, 2.05) is 55.5 Å². The largest absolute Gasteiger partial charge is 0.351 e. The van der Waals surface area contributed by atoms with Crippen LogP contribution in [0.5, 0.6) is 0 Å². The third-order valence-corrected chi connectivity index (χ3v) is 6.49. The second-order valence-corrected chi connectivity index (χ2v) is 8.76. The van der Waals surface area contributed by atoms with Gasteiger partial charge in [0.25, 0.3) is 0 Å². The van der Waals surface area contributed by atoms with Crippen LogP contribution in [0, 0.1) is 17.1 Å². The number of nitrogens with zero attached hydrogens (tertiary/aromatic N) is 5. The Labute approximate surface area is 203 Å². The van der Waals surface area contributed by atoms with Crippen molar-refractivity contribution in [3.63, 3.8) is 0 Å². The van der Waals surface area contributed by atoms with Crippen LogP contribution in [-0.2, 0) is 11.2 Å². The fraction of sp³-hybridized carbons (Fsp3) is 0.214. The van der Waals surface area contributed by atoms with Gasteiger partial charge in [0.2, 0.25) is 5.91 Å². The van der Waals surface area contributed by atoms with Crippen molar-refractivity contribution < 1.29 is 9.18 Å². The van der Waals surface area contributed by atoms with E-state index in [0.717, 1.165) is 27.8 Å². The average molecular weight is 466 g/mol. The Morgan fingerprint density at radius 2 is 1.77 bits per heavy atom. The minimum absolute atomic E-state index is 0.0314. The lowest BCUT2D eigenvalue weighted by Gasteiger charge is -2.40. The van der Waals surface area contributed by atoms with Crippen molar-refractivity contribution in [2.24, 2.45) is 0 Å². The van der Waals surface area contributed by atoms with Gasteiger partial charge in [-0.25, -0.2) is 4.39 Å². The number of fused-ring (bicyclic) bond motifs is 1. The summed E-state index contributed by atoms with van der Waals surface area (Å²) in [5.74, 6) is 0.150. The summed E-state index contributed by atoms with van der Waals surface area (Å²) < 4.78 is 14.3. The topological polar surface area (TPSA) is 73.1 Å². The molecule has 0 spiro atoms. The zero-order valence-electron chi connectivity index (χ0n) is 19.4. The predicted molar refractivity (Wildman–Crippen MR) is 133 cm³/mol. The maximum atomic E-state index is 14.3. The molecule has 5 rings (SSSR count). The second kappa shape index (κ2) is 9.51. The van der Waals surface area contributed by atoms with Crippen molar-refractivity contribution >= 4 is 22.5 Å². The van der Waals surface area contributed by atoms with Crippen LogP contribution in [0.25, 0.3) is 22.0 Å². The number of piperazine rings is 1. The first-order valence-electron chi connectivity index (χ1n) is 11.6. The smallest absolute Gasteiger partial charge is 0.227 e. The molecule has 1 aliphatic heterocycles. The number of amides is 1. The minimum atomic E-state index is -0.524. The van der Waals surface area contributed by atoms with Crippen molar-refractivity contribution in [1.29, 1.82) is 5.26 Å². The molecule has 3 aromatic carbocycles. The van der Waals surface area contributed by atoms with Crippen molar-refractivity contribution in [2.45, 2.75) is 19.4 Å². The van der Waals surface area contributed by atoms with Crippen LogP contribution in [-0.4, -0.2) is 46.7 Å². The zero-order valence-corrected chi connectivity index (χ0v) is 19.4. The number of halogens is 1. The number of carbonyl (C=O) groups is 1. The molecular weight excluding hydrogens is 441 g/mol. The normalized spacial score (nSPS) is 15.7. The molecule has 6 nitrogen and oxygen atoms in total. The fourth-order valence-corrected chi connectivity index (χ4v) is 4.68. The van der Waals surface area contributed by atoms with E-state index in [1.54, 1.807) is 4.90 Å². The molecule has 1 aliphatic rings. The monoisotopic (exact) mass is 465 g/mol. The first-order valence-corrected chi connectivity index (χ1v) is 11.6. The number of rotatable bonds is 4. The zero-order chi connectivity index (χ0) is 24.4. The van der Waals surface area contributed by atoms with E-state index < -0.39 is 5.82 Å². The highest BCUT2D eigenvalue weighted by molar-refractivity contribution is 6.00. The van der Waals surface area contributed by atoms with Gasteiger partial charge in [-0.05, 0) is 24.6 Å². The van der Waals surface area contributed by atoms with E-state index in [1.165, 1.54) is 18.2 Å². The predicted octanol–water partition coefficient (Wildman–Crippen LogP) is 4.59. The summed E-state index contributed by atoms with van der Waals surface area (Å²) in [6.45, 7) is 3.71. The lowest BCUT2D eigenvalue weighted by molar-refractivity contribution is -0.132. The first-order chi connectivity index (χ1) is 17.0. The molecule has 1 atom stereocenters. The Balaban J connectivity index is 1.36. The van der Waals surface area contributed by atoms with Crippen LogP contribution in [0.2, 0.25) is 0 Å². The highest BCUT2D eigenvalue weighted by Crippen LogP contribution is 2.32. The highest BCUT2D eigenvalue weighted by atomic mass is 19.1. The van der Waals surface area contributed by atoms with E-state index in [-0.39, 0.29) is 23.9 Å². The van der Waals surface area contributed by atoms with Gasteiger partial charge in [-0.15, -0.1) is 10.2 Å². The summed E-state index contributed by atoms with van der Waals surface area (Å²) in [6.07, 6.45) is -0.0314. The molecule has 7 heteroatoms. The molecule has 0 unspecified atom stereocenters. The van der Waals surface area contributed by atoms with Crippen LogP contribution in [0.1, 0.15) is 18.1 Å². The molecule has 0 aliphatic carbocycles. The van der Waals surface area contributed by atoms with Crippen molar-refractivity contribution in [3.05, 3.63) is 89.7 Å². The Kier molecular flexibility index (Phi) is 6.11. The Bertz CT molecular complexity index is 1430. The molecule has 0 bridgehead atoms. The number of aromatic nitrogens is 2. The summed E-state index contributed by atoms with van der Waals surface area (Å²) in [6, 6.07) is 24.2. The third kappa shape index (κ3) is 4.43.